The van der Waals surface area contributed by atoms with Crippen LogP contribution in [0.15, 0.2) is 29.2 Å². The Morgan fingerprint density at radius 3 is 2.54 bits per heavy atom. The minimum absolute atomic E-state index is 0.115. The third-order valence-corrected chi connectivity index (χ3v) is 4.70. The second-order valence-electron chi connectivity index (χ2n) is 5.69. The maximum absolute atomic E-state index is 12.2. The Morgan fingerprint density at radius 1 is 1.21 bits per heavy atom. The number of amides is 3. The molecule has 1 saturated carbocycles. The van der Waals surface area contributed by atoms with E-state index in [2.05, 4.69) is 10.6 Å². The number of carbonyl (C=O) groups is 3. The first-order valence-electron chi connectivity index (χ1n) is 7.96. The summed E-state index contributed by atoms with van der Waals surface area (Å²) >= 11 is 1.42. The van der Waals surface area contributed by atoms with Crippen molar-refractivity contribution >= 4 is 29.7 Å². The van der Waals surface area contributed by atoms with Crippen molar-refractivity contribution < 1.29 is 19.1 Å². The van der Waals surface area contributed by atoms with Crippen LogP contribution in [0.4, 0.5) is 4.79 Å². The number of carbonyl (C=O) groups excluding carboxylic acids is 3. The van der Waals surface area contributed by atoms with Crippen LogP contribution in [0.1, 0.15) is 43.0 Å². The second kappa shape index (κ2) is 8.73. The number of esters is 1. The van der Waals surface area contributed by atoms with Gasteiger partial charge in [-0.2, -0.15) is 0 Å². The van der Waals surface area contributed by atoms with Crippen LogP contribution in [0.25, 0.3) is 0 Å². The van der Waals surface area contributed by atoms with E-state index in [-0.39, 0.29) is 6.04 Å². The molecule has 0 saturated heterocycles. The third-order valence-electron chi connectivity index (χ3n) is 3.91. The summed E-state index contributed by atoms with van der Waals surface area (Å²) < 4.78 is 5.17. The van der Waals surface area contributed by atoms with Crippen LogP contribution in [0.2, 0.25) is 0 Å². The van der Waals surface area contributed by atoms with E-state index in [1.807, 2.05) is 12.3 Å². The third kappa shape index (κ3) is 4.99. The molecule has 0 aromatic heterocycles. The molecule has 6 nitrogen and oxygen atoms in total. The van der Waals surface area contributed by atoms with E-state index in [1.54, 1.807) is 18.2 Å². The normalized spacial score (nSPS) is 15.6. The predicted octanol–water partition coefficient (Wildman–Crippen LogP) is 2.72. The molecule has 1 aliphatic rings. The summed E-state index contributed by atoms with van der Waals surface area (Å²) in [6.45, 7) is 1.44. The number of rotatable bonds is 5. The first kappa shape index (κ1) is 18.3. The molecule has 0 heterocycles. The van der Waals surface area contributed by atoms with E-state index in [4.69, 9.17) is 4.74 Å². The molecule has 130 valence electrons. The quantitative estimate of drug-likeness (QED) is 0.630. The zero-order chi connectivity index (χ0) is 17.5. The summed E-state index contributed by atoms with van der Waals surface area (Å²) in [6.07, 6.45) is 4.83. The van der Waals surface area contributed by atoms with Crippen molar-refractivity contribution in [3.63, 3.8) is 0 Å². The van der Waals surface area contributed by atoms with Gasteiger partial charge in [0.15, 0.2) is 6.10 Å². The van der Waals surface area contributed by atoms with E-state index in [9.17, 15) is 14.4 Å². The average molecular weight is 350 g/mol. The number of thioether (sulfide) groups is 1. The summed E-state index contributed by atoms with van der Waals surface area (Å²) in [5, 5.41) is 4.97. The SMILES string of the molecule is CSc1ccccc1C(=O)O[C@H](C)C(=O)NC(=O)NC1CCCC1. The Hall–Kier alpha value is -2.02. The van der Waals surface area contributed by atoms with Crippen LogP contribution in [0.5, 0.6) is 0 Å². The monoisotopic (exact) mass is 350 g/mol. The molecule has 1 aromatic rings. The first-order valence-corrected chi connectivity index (χ1v) is 9.19. The Bertz CT molecular complexity index is 614. The summed E-state index contributed by atoms with van der Waals surface area (Å²) in [6, 6.07) is 6.58. The van der Waals surface area contributed by atoms with Crippen LogP contribution >= 0.6 is 11.8 Å². The molecule has 0 unspecified atom stereocenters. The highest BCUT2D eigenvalue weighted by Gasteiger charge is 2.23. The van der Waals surface area contributed by atoms with Gasteiger partial charge in [-0.15, -0.1) is 11.8 Å². The largest absolute Gasteiger partial charge is 0.449 e. The van der Waals surface area contributed by atoms with Gasteiger partial charge in [-0.25, -0.2) is 9.59 Å². The number of ether oxygens (including phenoxy) is 1. The molecule has 1 aromatic carbocycles. The second-order valence-corrected chi connectivity index (χ2v) is 6.54. The summed E-state index contributed by atoms with van der Waals surface area (Å²) in [5.74, 6) is -1.22. The lowest BCUT2D eigenvalue weighted by molar-refractivity contribution is -0.127. The van der Waals surface area contributed by atoms with Crippen LogP contribution < -0.4 is 10.6 Å². The molecule has 0 spiro atoms. The van der Waals surface area contributed by atoms with Crippen LogP contribution in [0.3, 0.4) is 0 Å². The average Bonchev–Trinajstić information content (AvgIpc) is 3.07. The molecule has 1 atom stereocenters. The van der Waals surface area contributed by atoms with E-state index >= 15 is 0 Å². The van der Waals surface area contributed by atoms with Crippen molar-refractivity contribution in [3.8, 4) is 0 Å². The van der Waals surface area contributed by atoms with E-state index < -0.39 is 24.0 Å². The van der Waals surface area contributed by atoms with E-state index in [1.165, 1.54) is 18.7 Å². The Balaban J connectivity index is 1.86. The lowest BCUT2D eigenvalue weighted by Crippen LogP contribution is -2.47. The van der Waals surface area contributed by atoms with E-state index in [0.717, 1.165) is 30.6 Å². The van der Waals surface area contributed by atoms with Gasteiger partial charge in [-0.1, -0.05) is 25.0 Å². The van der Waals surface area contributed by atoms with Crippen LogP contribution in [-0.2, 0) is 9.53 Å². The Labute approximate surface area is 145 Å². The van der Waals surface area contributed by atoms with Crippen molar-refractivity contribution in [2.24, 2.45) is 0 Å². The number of urea groups is 1. The predicted molar refractivity (Wildman–Crippen MR) is 92.0 cm³/mol. The molecular formula is C17H22N2O4S. The van der Waals surface area contributed by atoms with Gasteiger partial charge in [-0.05, 0) is 38.2 Å². The van der Waals surface area contributed by atoms with Gasteiger partial charge in [0.1, 0.15) is 0 Å². The topological polar surface area (TPSA) is 84.5 Å². The first-order chi connectivity index (χ1) is 11.5. The van der Waals surface area contributed by atoms with Crippen molar-refractivity contribution in [1.29, 1.82) is 0 Å². The minimum atomic E-state index is -1.05. The zero-order valence-electron chi connectivity index (χ0n) is 13.8. The number of benzene rings is 1. The summed E-state index contributed by atoms with van der Waals surface area (Å²) in [7, 11) is 0. The van der Waals surface area contributed by atoms with Crippen molar-refractivity contribution in [1.82, 2.24) is 10.6 Å². The maximum atomic E-state index is 12.2. The zero-order valence-corrected chi connectivity index (χ0v) is 14.7. The lowest BCUT2D eigenvalue weighted by atomic mass is 10.2. The smallest absolute Gasteiger partial charge is 0.340 e. The standard InChI is InChI=1S/C17H22N2O4S/c1-11(15(20)19-17(22)18-12-7-3-4-8-12)23-16(21)13-9-5-6-10-14(13)24-2/h5-6,9-12H,3-4,7-8H2,1-2H3,(H2,18,19,20,22)/t11-/m1/s1. The van der Waals surface area contributed by atoms with Crippen LogP contribution in [-0.4, -0.2) is 36.3 Å². The van der Waals surface area contributed by atoms with Crippen molar-refractivity contribution in [2.75, 3.05) is 6.26 Å². The van der Waals surface area contributed by atoms with Gasteiger partial charge in [0.05, 0.1) is 5.56 Å². The molecule has 0 bridgehead atoms. The Kier molecular flexibility index (Phi) is 6.66. The molecular weight excluding hydrogens is 328 g/mol. The van der Waals surface area contributed by atoms with Gasteiger partial charge in [0.2, 0.25) is 0 Å². The molecule has 1 aliphatic carbocycles. The van der Waals surface area contributed by atoms with Gasteiger partial charge in [0.25, 0.3) is 5.91 Å². The molecule has 24 heavy (non-hydrogen) atoms. The highest BCUT2D eigenvalue weighted by atomic mass is 32.2. The molecule has 0 aliphatic heterocycles. The fourth-order valence-electron chi connectivity index (χ4n) is 2.60. The fraction of sp³-hybridized carbons (Fsp3) is 0.471. The maximum Gasteiger partial charge on any atom is 0.340 e. The summed E-state index contributed by atoms with van der Waals surface area (Å²) in [5.41, 5.74) is 0.403. The molecule has 7 heteroatoms. The van der Waals surface area contributed by atoms with Gasteiger partial charge < -0.3 is 10.1 Å². The molecule has 3 amide bonds. The number of imide groups is 1. The highest BCUT2D eigenvalue weighted by Crippen LogP contribution is 2.21. The minimum Gasteiger partial charge on any atom is -0.449 e. The number of nitrogens with one attached hydrogen (secondary N) is 2. The fourth-order valence-corrected chi connectivity index (χ4v) is 3.18. The molecule has 1 fully saturated rings. The van der Waals surface area contributed by atoms with Gasteiger partial charge in [0, 0.05) is 10.9 Å². The number of hydrogen-bond acceptors (Lipinski definition) is 5. The van der Waals surface area contributed by atoms with Gasteiger partial charge >= 0.3 is 12.0 Å². The van der Waals surface area contributed by atoms with E-state index in [0.29, 0.717) is 5.56 Å². The van der Waals surface area contributed by atoms with Crippen molar-refractivity contribution in [2.45, 2.75) is 49.6 Å². The Morgan fingerprint density at radius 2 is 1.88 bits per heavy atom. The molecule has 0 radical (unpaired) electrons. The highest BCUT2D eigenvalue weighted by molar-refractivity contribution is 7.98. The number of hydrogen-bond donors (Lipinski definition) is 2. The molecule has 2 N–H and O–H groups in total. The van der Waals surface area contributed by atoms with Crippen LogP contribution in [0, 0.1) is 0 Å². The summed E-state index contributed by atoms with van der Waals surface area (Å²) in [4.78, 5) is 36.7. The molecule has 2 rings (SSSR count). The van der Waals surface area contributed by atoms with Gasteiger partial charge in [-0.3, -0.25) is 10.1 Å². The lowest BCUT2D eigenvalue weighted by Gasteiger charge is -2.16. The van der Waals surface area contributed by atoms with Crippen molar-refractivity contribution in [3.05, 3.63) is 29.8 Å².